The number of carbonyl (C=O) groups excluding carboxylic acids is 1. The molecule has 7 nitrogen and oxygen atoms in total. The Kier molecular flexibility index (Phi) is 3.53. The average molecular weight is 297 g/mol. The van der Waals surface area contributed by atoms with Crippen LogP contribution in [0.5, 0.6) is 0 Å². The molecule has 0 atom stereocenters. The number of hydrogen-bond acceptors (Lipinski definition) is 5. The van der Waals surface area contributed by atoms with Crippen molar-refractivity contribution in [3.05, 3.63) is 70.5 Å². The van der Waals surface area contributed by atoms with E-state index >= 15 is 0 Å². The van der Waals surface area contributed by atoms with Gasteiger partial charge in [0.25, 0.3) is 5.69 Å². The Morgan fingerprint density at radius 2 is 2.00 bits per heavy atom. The third kappa shape index (κ3) is 2.64. The van der Waals surface area contributed by atoms with Crippen LogP contribution in [0.3, 0.4) is 0 Å². The number of carbonyl (C=O) groups is 1. The van der Waals surface area contributed by atoms with Crippen molar-refractivity contribution in [3.63, 3.8) is 0 Å². The molecule has 7 heteroatoms. The standard InChI is InChI=1S/C15H11N3O4/c19-15(17-9-7-12-2-1-8-16-14(12)17)22-10-11-3-5-13(6-4-11)18(20)21/h1-9H,10H2. The van der Waals surface area contributed by atoms with Gasteiger partial charge in [0.15, 0.2) is 0 Å². The van der Waals surface area contributed by atoms with E-state index in [9.17, 15) is 14.9 Å². The molecule has 0 aliphatic carbocycles. The Labute approximate surface area is 124 Å². The van der Waals surface area contributed by atoms with Crippen molar-refractivity contribution in [2.45, 2.75) is 6.61 Å². The summed E-state index contributed by atoms with van der Waals surface area (Å²) in [5.74, 6) is 0. The van der Waals surface area contributed by atoms with Crippen LogP contribution in [0.15, 0.2) is 54.9 Å². The van der Waals surface area contributed by atoms with Gasteiger partial charge in [0, 0.05) is 29.9 Å². The fourth-order valence-corrected chi connectivity index (χ4v) is 2.04. The molecular formula is C15H11N3O4. The molecule has 110 valence electrons. The molecular weight excluding hydrogens is 286 g/mol. The van der Waals surface area contributed by atoms with E-state index in [-0.39, 0.29) is 12.3 Å². The van der Waals surface area contributed by atoms with Gasteiger partial charge >= 0.3 is 6.09 Å². The van der Waals surface area contributed by atoms with E-state index in [4.69, 9.17) is 4.74 Å². The van der Waals surface area contributed by atoms with Gasteiger partial charge in [-0.2, -0.15) is 0 Å². The van der Waals surface area contributed by atoms with Crippen LogP contribution in [0.1, 0.15) is 5.56 Å². The van der Waals surface area contributed by atoms with Crippen molar-refractivity contribution in [3.8, 4) is 0 Å². The summed E-state index contributed by atoms with van der Waals surface area (Å²) >= 11 is 0. The smallest absolute Gasteiger partial charge is 0.420 e. The predicted molar refractivity (Wildman–Crippen MR) is 78.4 cm³/mol. The van der Waals surface area contributed by atoms with Crippen LogP contribution in [0.25, 0.3) is 11.0 Å². The van der Waals surface area contributed by atoms with Gasteiger partial charge in [-0.3, -0.25) is 10.1 Å². The maximum absolute atomic E-state index is 12.1. The third-order valence-electron chi connectivity index (χ3n) is 3.15. The minimum atomic E-state index is -0.549. The lowest BCUT2D eigenvalue weighted by molar-refractivity contribution is -0.384. The second kappa shape index (κ2) is 5.65. The number of rotatable bonds is 3. The second-order valence-electron chi connectivity index (χ2n) is 4.58. The summed E-state index contributed by atoms with van der Waals surface area (Å²) in [5.41, 5.74) is 1.19. The molecule has 0 saturated heterocycles. The highest BCUT2D eigenvalue weighted by Crippen LogP contribution is 2.15. The molecule has 0 radical (unpaired) electrons. The van der Waals surface area contributed by atoms with Crippen molar-refractivity contribution < 1.29 is 14.5 Å². The van der Waals surface area contributed by atoms with Crippen LogP contribution < -0.4 is 0 Å². The minimum Gasteiger partial charge on any atom is -0.444 e. The number of fused-ring (bicyclic) bond motifs is 1. The number of nitro benzene ring substituents is 1. The van der Waals surface area contributed by atoms with Crippen LogP contribution in [0.4, 0.5) is 10.5 Å². The Morgan fingerprint density at radius 1 is 1.23 bits per heavy atom. The summed E-state index contributed by atoms with van der Waals surface area (Å²) in [7, 11) is 0. The van der Waals surface area contributed by atoms with Crippen LogP contribution in [-0.2, 0) is 11.3 Å². The summed E-state index contributed by atoms with van der Waals surface area (Å²) in [5, 5.41) is 11.4. The number of aromatic nitrogens is 2. The normalized spacial score (nSPS) is 10.5. The Hall–Kier alpha value is -3.22. The molecule has 2 heterocycles. The Balaban J connectivity index is 1.71. The molecule has 0 bridgehead atoms. The summed E-state index contributed by atoms with van der Waals surface area (Å²) < 4.78 is 6.52. The summed E-state index contributed by atoms with van der Waals surface area (Å²) in [4.78, 5) is 26.3. The largest absolute Gasteiger partial charge is 0.444 e. The zero-order chi connectivity index (χ0) is 15.5. The van der Waals surface area contributed by atoms with E-state index in [0.29, 0.717) is 11.2 Å². The molecule has 2 aromatic heterocycles. The van der Waals surface area contributed by atoms with Gasteiger partial charge in [0.05, 0.1) is 4.92 Å². The zero-order valence-electron chi connectivity index (χ0n) is 11.4. The third-order valence-corrected chi connectivity index (χ3v) is 3.15. The number of nitro groups is 1. The number of pyridine rings is 1. The molecule has 0 aliphatic heterocycles. The molecule has 0 amide bonds. The van der Waals surface area contributed by atoms with E-state index in [2.05, 4.69) is 4.98 Å². The van der Waals surface area contributed by atoms with Gasteiger partial charge < -0.3 is 4.74 Å². The topological polar surface area (TPSA) is 87.3 Å². The Bertz CT molecular complexity index is 839. The highest BCUT2D eigenvalue weighted by atomic mass is 16.6. The number of non-ortho nitro benzene ring substituents is 1. The quantitative estimate of drug-likeness (QED) is 0.547. The van der Waals surface area contributed by atoms with Crippen LogP contribution in [0, 0.1) is 10.1 Å². The van der Waals surface area contributed by atoms with Crippen molar-refractivity contribution in [1.29, 1.82) is 0 Å². The number of hydrogen-bond donors (Lipinski definition) is 0. The fraction of sp³-hybridized carbons (Fsp3) is 0.0667. The SMILES string of the molecule is O=C(OCc1ccc([N+](=O)[O-])cc1)n1ccc2cccnc21. The first kappa shape index (κ1) is 13.7. The molecule has 0 unspecified atom stereocenters. The van der Waals surface area contributed by atoms with E-state index < -0.39 is 11.0 Å². The van der Waals surface area contributed by atoms with E-state index in [0.717, 1.165) is 5.39 Å². The highest BCUT2D eigenvalue weighted by molar-refractivity contribution is 5.86. The first-order valence-corrected chi connectivity index (χ1v) is 6.48. The van der Waals surface area contributed by atoms with E-state index in [1.165, 1.54) is 16.7 Å². The van der Waals surface area contributed by atoms with E-state index in [1.54, 1.807) is 36.7 Å². The molecule has 1 aromatic carbocycles. The Morgan fingerprint density at radius 3 is 2.73 bits per heavy atom. The monoisotopic (exact) mass is 297 g/mol. The molecule has 0 aliphatic rings. The van der Waals surface area contributed by atoms with Crippen LogP contribution in [0.2, 0.25) is 0 Å². The lowest BCUT2D eigenvalue weighted by Gasteiger charge is -2.06. The summed E-state index contributed by atoms with van der Waals surface area (Å²) in [6, 6.07) is 11.3. The fourth-order valence-electron chi connectivity index (χ4n) is 2.04. The average Bonchev–Trinajstić information content (AvgIpc) is 2.97. The summed E-state index contributed by atoms with van der Waals surface area (Å²) in [6.45, 7) is 0.0311. The number of nitrogens with zero attached hydrogens (tertiary/aromatic N) is 3. The lowest BCUT2D eigenvalue weighted by Crippen LogP contribution is -2.12. The maximum atomic E-state index is 12.1. The van der Waals surface area contributed by atoms with Crippen molar-refractivity contribution in [2.75, 3.05) is 0 Å². The number of benzene rings is 1. The first-order valence-electron chi connectivity index (χ1n) is 6.48. The van der Waals surface area contributed by atoms with Gasteiger partial charge in [-0.05, 0) is 35.9 Å². The number of ether oxygens (including phenoxy) is 1. The molecule has 0 saturated carbocycles. The lowest BCUT2D eigenvalue weighted by atomic mass is 10.2. The summed E-state index contributed by atoms with van der Waals surface area (Å²) in [6.07, 6.45) is 2.64. The van der Waals surface area contributed by atoms with Crippen molar-refractivity contribution in [1.82, 2.24) is 9.55 Å². The molecule has 22 heavy (non-hydrogen) atoms. The molecule has 0 spiro atoms. The van der Waals surface area contributed by atoms with Gasteiger partial charge in [-0.15, -0.1) is 0 Å². The van der Waals surface area contributed by atoms with Gasteiger partial charge in [0.1, 0.15) is 12.3 Å². The van der Waals surface area contributed by atoms with E-state index in [1.807, 2.05) is 6.07 Å². The molecule has 3 rings (SSSR count). The minimum absolute atomic E-state index is 0.00400. The van der Waals surface area contributed by atoms with Crippen molar-refractivity contribution >= 4 is 22.8 Å². The predicted octanol–water partition coefficient (Wildman–Crippen LogP) is 3.13. The van der Waals surface area contributed by atoms with Crippen LogP contribution >= 0.6 is 0 Å². The zero-order valence-corrected chi connectivity index (χ0v) is 11.4. The van der Waals surface area contributed by atoms with Crippen molar-refractivity contribution in [2.24, 2.45) is 0 Å². The molecule has 0 N–H and O–H groups in total. The molecule has 0 fully saturated rings. The second-order valence-corrected chi connectivity index (χ2v) is 4.58. The van der Waals surface area contributed by atoms with Gasteiger partial charge in [-0.25, -0.2) is 14.3 Å². The first-order chi connectivity index (χ1) is 10.6. The van der Waals surface area contributed by atoms with Gasteiger partial charge in [0.2, 0.25) is 0 Å². The van der Waals surface area contributed by atoms with Gasteiger partial charge in [-0.1, -0.05) is 0 Å². The molecule has 3 aromatic rings. The maximum Gasteiger partial charge on any atom is 0.420 e. The highest BCUT2D eigenvalue weighted by Gasteiger charge is 2.11. The van der Waals surface area contributed by atoms with Crippen LogP contribution in [-0.4, -0.2) is 20.6 Å².